The fourth-order valence-electron chi connectivity index (χ4n) is 1.60. The molecule has 1 rings (SSSR count). The lowest BCUT2D eigenvalue weighted by Crippen LogP contribution is -2.37. The maximum absolute atomic E-state index is 12.3. The van der Waals surface area contributed by atoms with E-state index in [-0.39, 0.29) is 18.2 Å². The number of nitrogens with one attached hydrogen (secondary N) is 2. The first-order valence-electron chi connectivity index (χ1n) is 6.88. The highest BCUT2D eigenvalue weighted by Gasteiger charge is 2.09. The third-order valence-corrected chi connectivity index (χ3v) is 3.15. The van der Waals surface area contributed by atoms with Gasteiger partial charge in [0, 0.05) is 29.8 Å². The van der Waals surface area contributed by atoms with Crippen LogP contribution in [0.1, 0.15) is 5.56 Å². The number of halogens is 3. The van der Waals surface area contributed by atoms with E-state index in [9.17, 15) is 18.4 Å². The molecule has 2 N–H and O–H groups in total. The molecule has 0 aliphatic carbocycles. The molecule has 0 saturated heterocycles. The van der Waals surface area contributed by atoms with Crippen LogP contribution >= 0.6 is 15.9 Å². The number of ether oxygens (including phenoxy) is 2. The Bertz CT molecular complexity index is 597. The molecule has 0 fully saturated rings. The number of carbonyl (C=O) groups excluding carboxylic acids is 2. The highest BCUT2D eigenvalue weighted by atomic mass is 79.9. The molecule has 0 bridgehead atoms. The van der Waals surface area contributed by atoms with Gasteiger partial charge in [0.05, 0.1) is 13.2 Å². The minimum Gasteiger partial charge on any atom is -0.434 e. The minimum absolute atomic E-state index is 0.0606. The molecule has 0 spiro atoms. The van der Waals surface area contributed by atoms with Gasteiger partial charge in [0.1, 0.15) is 5.75 Å². The third kappa shape index (κ3) is 8.02. The van der Waals surface area contributed by atoms with Crippen molar-refractivity contribution >= 4 is 33.8 Å². The molecule has 9 heteroatoms. The molecule has 0 aromatic heterocycles. The number of amides is 2. The zero-order valence-electron chi connectivity index (χ0n) is 12.9. The number of hydrogen-bond acceptors (Lipinski definition) is 4. The molecule has 6 nitrogen and oxygen atoms in total. The Balaban J connectivity index is 2.57. The fourth-order valence-corrected chi connectivity index (χ4v) is 1.98. The summed E-state index contributed by atoms with van der Waals surface area (Å²) in [5, 5.41) is 4.91. The number of methoxy groups -OCH3 is 1. The lowest BCUT2D eigenvalue weighted by Gasteiger charge is -2.08. The molecule has 0 saturated carbocycles. The highest BCUT2D eigenvalue weighted by Crippen LogP contribution is 2.25. The fraction of sp³-hybridized carbons (Fsp3) is 0.333. The lowest BCUT2D eigenvalue weighted by molar-refractivity contribution is -0.124. The van der Waals surface area contributed by atoms with Gasteiger partial charge in [0.15, 0.2) is 0 Å². The second kappa shape index (κ2) is 10.7. The van der Waals surface area contributed by atoms with Gasteiger partial charge in [0.25, 0.3) is 0 Å². The van der Waals surface area contributed by atoms with Gasteiger partial charge < -0.3 is 20.1 Å². The average molecular weight is 407 g/mol. The number of hydrogen-bond donors (Lipinski definition) is 2. The van der Waals surface area contributed by atoms with Gasteiger partial charge in [-0.25, -0.2) is 0 Å². The number of rotatable bonds is 9. The van der Waals surface area contributed by atoms with Crippen molar-refractivity contribution in [2.75, 3.05) is 26.8 Å². The van der Waals surface area contributed by atoms with Crippen molar-refractivity contribution in [3.05, 3.63) is 34.3 Å². The van der Waals surface area contributed by atoms with Crippen molar-refractivity contribution in [3.8, 4) is 5.75 Å². The summed E-state index contributed by atoms with van der Waals surface area (Å²) in [6.07, 6.45) is 2.45. The van der Waals surface area contributed by atoms with E-state index in [4.69, 9.17) is 4.74 Å². The third-order valence-electron chi connectivity index (χ3n) is 2.65. The molecule has 0 unspecified atom stereocenters. The zero-order chi connectivity index (χ0) is 17.9. The van der Waals surface area contributed by atoms with Crippen molar-refractivity contribution in [1.29, 1.82) is 0 Å². The summed E-state index contributed by atoms with van der Waals surface area (Å²) in [6, 6.07) is 4.43. The molecule has 0 heterocycles. The van der Waals surface area contributed by atoms with E-state index in [1.807, 2.05) is 0 Å². The Hall–Kier alpha value is -2.00. The quantitative estimate of drug-likeness (QED) is 0.485. The maximum atomic E-state index is 12.3. The Morgan fingerprint density at radius 2 is 2.08 bits per heavy atom. The zero-order valence-corrected chi connectivity index (χ0v) is 14.4. The summed E-state index contributed by atoms with van der Waals surface area (Å²) in [6.45, 7) is -2.46. The van der Waals surface area contributed by atoms with E-state index < -0.39 is 12.5 Å². The molecular formula is C15H17BrF2N2O4. The van der Waals surface area contributed by atoms with Gasteiger partial charge in [-0.15, -0.1) is 0 Å². The second-order valence-electron chi connectivity index (χ2n) is 4.45. The van der Waals surface area contributed by atoms with Gasteiger partial charge in [-0.1, -0.05) is 15.9 Å². The van der Waals surface area contributed by atoms with Crippen molar-refractivity contribution in [2.45, 2.75) is 6.61 Å². The molecule has 1 aromatic carbocycles. The second-order valence-corrected chi connectivity index (χ2v) is 5.37. The van der Waals surface area contributed by atoms with Gasteiger partial charge >= 0.3 is 6.61 Å². The van der Waals surface area contributed by atoms with E-state index in [0.717, 1.165) is 6.08 Å². The smallest absolute Gasteiger partial charge is 0.387 e. The first-order chi connectivity index (χ1) is 11.4. The lowest BCUT2D eigenvalue weighted by atomic mass is 10.2. The Morgan fingerprint density at radius 1 is 1.33 bits per heavy atom. The van der Waals surface area contributed by atoms with Crippen molar-refractivity contribution in [3.63, 3.8) is 0 Å². The molecule has 0 aliphatic rings. The first kappa shape index (κ1) is 20.0. The molecule has 2 amide bonds. The highest BCUT2D eigenvalue weighted by molar-refractivity contribution is 9.10. The Labute approximate surface area is 146 Å². The van der Waals surface area contributed by atoms with Crippen LogP contribution in [0, 0.1) is 0 Å². The van der Waals surface area contributed by atoms with Crippen LogP contribution in [0.2, 0.25) is 0 Å². The van der Waals surface area contributed by atoms with E-state index >= 15 is 0 Å². The van der Waals surface area contributed by atoms with Crippen LogP contribution in [0.5, 0.6) is 5.75 Å². The van der Waals surface area contributed by atoms with Crippen molar-refractivity contribution in [1.82, 2.24) is 10.6 Å². The Kier molecular flexibility index (Phi) is 8.95. The number of alkyl halides is 2. The van der Waals surface area contributed by atoms with E-state index in [0.29, 0.717) is 23.2 Å². The molecule has 0 radical (unpaired) electrons. The summed E-state index contributed by atoms with van der Waals surface area (Å²) < 4.78 is 34.5. The van der Waals surface area contributed by atoms with E-state index in [1.165, 1.54) is 25.3 Å². The molecular weight excluding hydrogens is 390 g/mol. The van der Waals surface area contributed by atoms with Crippen LogP contribution in [0.3, 0.4) is 0 Å². The maximum Gasteiger partial charge on any atom is 0.387 e. The first-order valence-corrected chi connectivity index (χ1v) is 7.67. The van der Waals surface area contributed by atoms with Crippen LogP contribution in [0.4, 0.5) is 8.78 Å². The molecule has 0 atom stereocenters. The summed E-state index contributed by atoms with van der Waals surface area (Å²) in [5.41, 5.74) is 0.296. The van der Waals surface area contributed by atoms with E-state index in [2.05, 4.69) is 31.3 Å². The number of benzene rings is 1. The van der Waals surface area contributed by atoms with Crippen LogP contribution in [0.25, 0.3) is 6.08 Å². The van der Waals surface area contributed by atoms with Crippen LogP contribution in [-0.4, -0.2) is 45.2 Å². The summed E-state index contributed by atoms with van der Waals surface area (Å²) in [7, 11) is 1.51. The summed E-state index contributed by atoms with van der Waals surface area (Å²) >= 11 is 3.21. The van der Waals surface area contributed by atoms with Crippen molar-refractivity contribution in [2.24, 2.45) is 0 Å². The molecule has 24 heavy (non-hydrogen) atoms. The van der Waals surface area contributed by atoms with Gasteiger partial charge in [0.2, 0.25) is 11.8 Å². The summed E-state index contributed by atoms with van der Waals surface area (Å²) in [4.78, 5) is 23.1. The largest absolute Gasteiger partial charge is 0.434 e. The number of carbonyl (C=O) groups is 2. The van der Waals surface area contributed by atoms with Crippen molar-refractivity contribution < 1.29 is 27.8 Å². The molecule has 0 aliphatic heterocycles. The van der Waals surface area contributed by atoms with Crippen LogP contribution < -0.4 is 15.4 Å². The predicted octanol–water partition coefficient (Wildman–Crippen LogP) is 1.94. The molecule has 132 valence electrons. The minimum atomic E-state index is -2.97. The van der Waals surface area contributed by atoms with Gasteiger partial charge in [-0.3, -0.25) is 9.59 Å². The Morgan fingerprint density at radius 3 is 2.75 bits per heavy atom. The molecule has 1 aromatic rings. The van der Waals surface area contributed by atoms with Gasteiger partial charge in [-0.2, -0.15) is 8.78 Å². The van der Waals surface area contributed by atoms with Gasteiger partial charge in [-0.05, 0) is 24.3 Å². The average Bonchev–Trinajstić information content (AvgIpc) is 2.53. The van der Waals surface area contributed by atoms with E-state index in [1.54, 1.807) is 6.07 Å². The SMILES string of the molecule is COCCNC(=O)CNC(=O)/C=C/c1cc(Br)ccc1OC(F)F. The monoisotopic (exact) mass is 406 g/mol. The summed E-state index contributed by atoms with van der Waals surface area (Å²) in [5.74, 6) is -0.965. The standard InChI is InChI=1S/C15H17BrF2N2O4/c1-23-7-6-19-14(22)9-20-13(21)5-2-10-8-11(16)3-4-12(10)24-15(17)18/h2-5,8,15H,6-7,9H2,1H3,(H,19,22)(H,20,21)/b5-2+. The van der Waals surface area contributed by atoms with Crippen LogP contribution in [0.15, 0.2) is 28.7 Å². The topological polar surface area (TPSA) is 76.7 Å². The predicted molar refractivity (Wildman–Crippen MR) is 87.7 cm³/mol. The van der Waals surface area contributed by atoms with Crippen LogP contribution in [-0.2, 0) is 14.3 Å². The normalized spacial score (nSPS) is 10.9.